The molecule has 0 atom stereocenters. The van der Waals surface area contributed by atoms with Crippen molar-refractivity contribution in [2.75, 3.05) is 24.3 Å². The Morgan fingerprint density at radius 1 is 0.816 bits per heavy atom. The number of nitrogens with zero attached hydrogens (tertiary/aromatic N) is 1. The summed E-state index contributed by atoms with van der Waals surface area (Å²) in [6, 6.07) is 34.1. The molecule has 7 rings (SSSR count). The van der Waals surface area contributed by atoms with Crippen molar-refractivity contribution in [1.29, 1.82) is 0 Å². The van der Waals surface area contributed by atoms with Crippen LogP contribution in [-0.4, -0.2) is 33.1 Å². The van der Waals surface area contributed by atoms with E-state index in [-0.39, 0.29) is 19.8 Å². The van der Waals surface area contributed by atoms with Crippen LogP contribution in [0.25, 0.3) is 21.9 Å². The highest BCUT2D eigenvalue weighted by Crippen LogP contribution is 2.47. The van der Waals surface area contributed by atoms with Crippen molar-refractivity contribution in [3.8, 4) is 11.1 Å². The third-order valence-corrected chi connectivity index (χ3v) is 10.6. The molecule has 1 aliphatic carbocycles. The van der Waals surface area contributed by atoms with E-state index in [9.17, 15) is 9.59 Å². The molecule has 6 nitrogen and oxygen atoms in total. The number of fused-ring (bicyclic) bond motifs is 1. The van der Waals surface area contributed by atoms with Crippen LogP contribution in [0, 0.1) is 12.3 Å². The topological polar surface area (TPSA) is 67.9 Å². The molecule has 5 aromatic carbocycles. The number of hydrogen-bond acceptors (Lipinski definition) is 6. The molecule has 0 saturated heterocycles. The maximum Gasteiger partial charge on any atom is 0.409 e. The summed E-state index contributed by atoms with van der Waals surface area (Å²) in [5, 5.41) is 6.44. The summed E-state index contributed by atoms with van der Waals surface area (Å²) < 4.78 is 10.7. The Labute approximate surface area is 289 Å². The van der Waals surface area contributed by atoms with Gasteiger partial charge in [0.25, 0.3) is 0 Å². The molecule has 0 spiro atoms. The van der Waals surface area contributed by atoms with Gasteiger partial charge in [-0.3, -0.25) is 9.59 Å². The van der Waals surface area contributed by atoms with E-state index in [0.717, 1.165) is 59.2 Å². The second kappa shape index (κ2) is 13.5. The minimum atomic E-state index is -1.44. The lowest BCUT2D eigenvalue weighted by molar-refractivity contribution is -0.168. The molecule has 0 radical (unpaired) electrons. The average molecular weight is 651 g/mol. The highest BCUT2D eigenvalue weighted by molar-refractivity contribution is 6.82. The third-order valence-electron chi connectivity index (χ3n) is 10.6. The van der Waals surface area contributed by atoms with Crippen molar-refractivity contribution in [3.05, 3.63) is 125 Å². The lowest BCUT2D eigenvalue weighted by Crippen LogP contribution is -2.58. The smallest absolute Gasteiger partial charge is 0.409 e. The molecule has 0 saturated carbocycles. The van der Waals surface area contributed by atoms with Gasteiger partial charge >= 0.3 is 18.9 Å². The van der Waals surface area contributed by atoms with Gasteiger partial charge in [-0.1, -0.05) is 105 Å². The number of unbranched alkanes of at least 4 members (excludes halogenated alkanes) is 2. The fourth-order valence-corrected chi connectivity index (χ4v) is 8.28. The zero-order valence-electron chi connectivity index (χ0n) is 28.8. The summed E-state index contributed by atoms with van der Waals surface area (Å²) in [6.07, 6.45) is 4.60. The number of nitrogens with one attached hydrogen (secondary N) is 1. The molecule has 1 heterocycles. The fourth-order valence-electron chi connectivity index (χ4n) is 8.28. The second-order valence-corrected chi connectivity index (χ2v) is 13.4. The van der Waals surface area contributed by atoms with E-state index in [0.29, 0.717) is 6.54 Å². The van der Waals surface area contributed by atoms with Gasteiger partial charge in [-0.25, -0.2) is 0 Å². The zero-order valence-corrected chi connectivity index (χ0v) is 28.8. The van der Waals surface area contributed by atoms with Gasteiger partial charge in [0.1, 0.15) is 0 Å². The van der Waals surface area contributed by atoms with Gasteiger partial charge in [0.05, 0.1) is 14.2 Å². The molecule has 5 aromatic rings. The Kier molecular flexibility index (Phi) is 8.93. The standard InChI is InChI=1S/C42H43BN2O4/c1-5-6-9-22-32-28(2)33-25-42(40(46)48-3,41(47)49-4)26-34(33)37(30-18-12-8-13-19-30)39(32)43-44-35-23-14-20-31-21-15-24-36(38(31)35)45(43)27-29-16-10-7-11-17-29/h7-8,10-21,23-24,44H,5-6,9,22,25-27H2,1-4H3. The quantitative estimate of drug-likeness (QED) is 0.0720. The highest BCUT2D eigenvalue weighted by Gasteiger charge is 2.54. The van der Waals surface area contributed by atoms with E-state index in [1.807, 2.05) is 6.07 Å². The van der Waals surface area contributed by atoms with Gasteiger partial charge in [0.15, 0.2) is 5.41 Å². The van der Waals surface area contributed by atoms with Crippen molar-refractivity contribution < 1.29 is 19.1 Å². The molecular formula is C42H43BN2O4. The summed E-state index contributed by atoms with van der Waals surface area (Å²) in [5.41, 5.74) is 9.89. The second-order valence-electron chi connectivity index (χ2n) is 13.4. The van der Waals surface area contributed by atoms with Crippen LogP contribution >= 0.6 is 0 Å². The average Bonchev–Trinajstić information content (AvgIpc) is 3.56. The van der Waals surface area contributed by atoms with Crippen molar-refractivity contribution in [2.24, 2.45) is 5.41 Å². The summed E-state index contributed by atoms with van der Waals surface area (Å²) >= 11 is 0. The first-order valence-corrected chi connectivity index (χ1v) is 17.4. The predicted molar refractivity (Wildman–Crippen MR) is 199 cm³/mol. The van der Waals surface area contributed by atoms with Gasteiger partial charge < -0.3 is 19.5 Å². The monoisotopic (exact) mass is 650 g/mol. The van der Waals surface area contributed by atoms with Crippen LogP contribution in [0.1, 0.15) is 54.0 Å². The molecule has 0 aromatic heterocycles. The number of carbonyl (C=O) groups excluding carboxylic acids is 2. The van der Waals surface area contributed by atoms with Crippen LogP contribution in [0.3, 0.4) is 0 Å². The summed E-state index contributed by atoms with van der Waals surface area (Å²) in [5.74, 6) is -1.10. The number of carbonyl (C=O) groups is 2. The van der Waals surface area contributed by atoms with Gasteiger partial charge in [0.2, 0.25) is 0 Å². The van der Waals surface area contributed by atoms with Crippen molar-refractivity contribution in [2.45, 2.75) is 58.9 Å². The minimum absolute atomic E-state index is 0.215. The normalized spacial score (nSPS) is 14.4. The highest BCUT2D eigenvalue weighted by atomic mass is 16.5. The van der Waals surface area contributed by atoms with Crippen LogP contribution in [-0.2, 0) is 44.9 Å². The zero-order chi connectivity index (χ0) is 34.1. The molecule has 1 N–H and O–H groups in total. The lowest BCUT2D eigenvalue weighted by Gasteiger charge is -2.40. The molecule has 0 bridgehead atoms. The SMILES string of the molecule is CCCCCc1c(C)c2c(c(-c3ccccc3)c1B1Nc3cccc4cccc(c34)N1Cc1ccccc1)CC(C(=O)OC)(C(=O)OC)C2. The van der Waals surface area contributed by atoms with Gasteiger partial charge in [0, 0.05) is 36.1 Å². The summed E-state index contributed by atoms with van der Waals surface area (Å²) in [4.78, 5) is 29.7. The Hall–Kier alpha value is -5.04. The van der Waals surface area contributed by atoms with Crippen molar-refractivity contribution in [3.63, 3.8) is 0 Å². The molecule has 7 heteroatoms. The first kappa shape index (κ1) is 32.5. The fraction of sp³-hybridized carbons (Fsp3) is 0.286. The van der Waals surface area contributed by atoms with E-state index in [1.54, 1.807) is 0 Å². The molecule has 0 unspecified atom stereocenters. The number of anilines is 2. The van der Waals surface area contributed by atoms with E-state index in [2.05, 4.69) is 115 Å². The molecule has 2 aliphatic rings. The molecule has 248 valence electrons. The summed E-state index contributed by atoms with van der Waals surface area (Å²) in [7, 11) is 2.71. The van der Waals surface area contributed by atoms with Gasteiger partial charge in [-0.2, -0.15) is 0 Å². The number of methoxy groups -OCH3 is 2. The van der Waals surface area contributed by atoms with Crippen LogP contribution in [0.15, 0.2) is 97.1 Å². The van der Waals surface area contributed by atoms with E-state index < -0.39 is 17.4 Å². The molecule has 49 heavy (non-hydrogen) atoms. The van der Waals surface area contributed by atoms with Crippen molar-refractivity contribution in [1.82, 2.24) is 0 Å². The summed E-state index contributed by atoms with van der Waals surface area (Å²) in [6.45, 7) is 4.87. The predicted octanol–water partition coefficient (Wildman–Crippen LogP) is 7.81. The number of benzene rings is 5. The Morgan fingerprint density at radius 3 is 2.14 bits per heavy atom. The number of rotatable bonds is 10. The Morgan fingerprint density at radius 2 is 1.47 bits per heavy atom. The van der Waals surface area contributed by atoms with Crippen LogP contribution in [0.2, 0.25) is 0 Å². The Bertz CT molecular complexity index is 2010. The largest absolute Gasteiger partial charge is 0.468 e. The minimum Gasteiger partial charge on any atom is -0.468 e. The number of esters is 2. The molecule has 0 amide bonds. The maximum absolute atomic E-state index is 13.6. The van der Waals surface area contributed by atoms with E-state index >= 15 is 0 Å². The maximum atomic E-state index is 13.6. The lowest BCUT2D eigenvalue weighted by atomic mass is 9.57. The van der Waals surface area contributed by atoms with Gasteiger partial charge in [-0.15, -0.1) is 0 Å². The van der Waals surface area contributed by atoms with E-state index in [4.69, 9.17) is 9.47 Å². The van der Waals surface area contributed by atoms with E-state index in [1.165, 1.54) is 47.3 Å². The van der Waals surface area contributed by atoms with Crippen LogP contribution < -0.4 is 15.5 Å². The Balaban J connectivity index is 1.54. The van der Waals surface area contributed by atoms with Crippen LogP contribution in [0.5, 0.6) is 0 Å². The van der Waals surface area contributed by atoms with Gasteiger partial charge in [-0.05, 0) is 81.7 Å². The first-order chi connectivity index (χ1) is 23.9. The third kappa shape index (κ3) is 5.55. The molecule has 0 fully saturated rings. The number of hydrogen-bond donors (Lipinski definition) is 1. The first-order valence-electron chi connectivity index (χ1n) is 17.4. The van der Waals surface area contributed by atoms with Crippen molar-refractivity contribution >= 4 is 46.5 Å². The number of ether oxygens (including phenoxy) is 2. The molecular weight excluding hydrogens is 607 g/mol. The van der Waals surface area contributed by atoms with Crippen LogP contribution in [0.4, 0.5) is 11.4 Å². The molecule has 1 aliphatic heterocycles.